The van der Waals surface area contributed by atoms with Gasteiger partial charge >= 0.3 is 0 Å². The Morgan fingerprint density at radius 2 is 1.62 bits per heavy atom. The Hall–Kier alpha value is -1.02. The van der Waals surface area contributed by atoms with Crippen molar-refractivity contribution in [2.24, 2.45) is 5.73 Å². The van der Waals surface area contributed by atoms with E-state index in [2.05, 4.69) is 38.1 Å². The lowest BCUT2D eigenvalue weighted by atomic mass is 9.68. The molecule has 0 aliphatic heterocycles. The zero-order valence-electron chi connectivity index (χ0n) is 12.4. The third kappa shape index (κ3) is 3.11. The third-order valence-electron chi connectivity index (χ3n) is 4.50. The number of benzene rings is 2. The van der Waals surface area contributed by atoms with Gasteiger partial charge in [-0.3, -0.25) is 0 Å². The van der Waals surface area contributed by atoms with Crippen LogP contribution >= 0.6 is 23.2 Å². The molecule has 0 spiro atoms. The SMILES string of the molecule is CCC(CC)(c1ccccc1)C(N)c1cc(Cl)ccc1Cl. The van der Waals surface area contributed by atoms with E-state index in [0.717, 1.165) is 18.4 Å². The quantitative estimate of drug-likeness (QED) is 0.745. The Labute approximate surface area is 137 Å². The minimum absolute atomic E-state index is 0.143. The number of rotatable bonds is 5. The van der Waals surface area contributed by atoms with E-state index in [4.69, 9.17) is 28.9 Å². The molecule has 0 fully saturated rings. The standard InChI is InChI=1S/C18H21Cl2N/c1-3-18(4-2,13-8-6-5-7-9-13)17(21)15-12-14(19)10-11-16(15)20/h5-12,17H,3-4,21H2,1-2H3. The van der Waals surface area contributed by atoms with E-state index in [1.807, 2.05) is 18.2 Å². The molecule has 0 aromatic heterocycles. The van der Waals surface area contributed by atoms with Gasteiger partial charge in [-0.25, -0.2) is 0 Å². The van der Waals surface area contributed by atoms with Crippen LogP contribution < -0.4 is 5.73 Å². The smallest absolute Gasteiger partial charge is 0.0455 e. The predicted molar refractivity (Wildman–Crippen MR) is 92.1 cm³/mol. The Bertz CT molecular complexity index is 591. The first-order valence-corrected chi connectivity index (χ1v) is 8.06. The Kier molecular flexibility index (Phi) is 5.32. The van der Waals surface area contributed by atoms with E-state index in [-0.39, 0.29) is 11.5 Å². The molecule has 1 unspecified atom stereocenters. The molecular weight excluding hydrogens is 301 g/mol. The molecule has 2 aromatic rings. The summed E-state index contributed by atoms with van der Waals surface area (Å²) in [5.74, 6) is 0. The molecule has 2 rings (SSSR count). The summed E-state index contributed by atoms with van der Waals surface area (Å²) < 4.78 is 0. The number of hydrogen-bond donors (Lipinski definition) is 1. The van der Waals surface area contributed by atoms with E-state index in [1.54, 1.807) is 6.07 Å². The van der Waals surface area contributed by atoms with Crippen LogP contribution in [0.1, 0.15) is 43.9 Å². The average molecular weight is 322 g/mol. The number of hydrogen-bond acceptors (Lipinski definition) is 1. The van der Waals surface area contributed by atoms with Crippen molar-refractivity contribution in [3.05, 3.63) is 69.7 Å². The molecule has 112 valence electrons. The first kappa shape index (κ1) is 16.4. The van der Waals surface area contributed by atoms with Gasteiger partial charge in [-0.05, 0) is 42.2 Å². The molecule has 2 N–H and O–H groups in total. The Balaban J connectivity index is 2.54. The van der Waals surface area contributed by atoms with Crippen molar-refractivity contribution < 1.29 is 0 Å². The Morgan fingerprint density at radius 3 is 2.19 bits per heavy atom. The van der Waals surface area contributed by atoms with Gasteiger partial charge in [0.25, 0.3) is 0 Å². The summed E-state index contributed by atoms with van der Waals surface area (Å²) in [5.41, 5.74) is 8.67. The highest BCUT2D eigenvalue weighted by Gasteiger charge is 2.37. The van der Waals surface area contributed by atoms with E-state index in [0.29, 0.717) is 10.0 Å². The third-order valence-corrected chi connectivity index (χ3v) is 5.08. The van der Waals surface area contributed by atoms with Gasteiger partial charge in [0.05, 0.1) is 0 Å². The van der Waals surface area contributed by atoms with Crippen LogP contribution in [0, 0.1) is 0 Å². The fourth-order valence-corrected chi connectivity index (χ4v) is 3.51. The predicted octanol–water partition coefficient (Wildman–Crippen LogP) is 5.75. The molecule has 0 radical (unpaired) electrons. The summed E-state index contributed by atoms with van der Waals surface area (Å²) in [6, 6.07) is 15.7. The molecule has 0 amide bonds. The Morgan fingerprint density at radius 1 is 1.00 bits per heavy atom. The van der Waals surface area contributed by atoms with Gasteiger partial charge in [0.2, 0.25) is 0 Å². The molecule has 0 aliphatic carbocycles. The van der Waals surface area contributed by atoms with Crippen molar-refractivity contribution in [2.75, 3.05) is 0 Å². The fraction of sp³-hybridized carbons (Fsp3) is 0.333. The highest BCUT2D eigenvalue weighted by molar-refractivity contribution is 6.33. The van der Waals surface area contributed by atoms with Crippen molar-refractivity contribution in [1.29, 1.82) is 0 Å². The second kappa shape index (κ2) is 6.83. The van der Waals surface area contributed by atoms with E-state index in [1.165, 1.54) is 5.56 Å². The van der Waals surface area contributed by atoms with Crippen LogP contribution in [-0.2, 0) is 5.41 Å². The van der Waals surface area contributed by atoms with Crippen molar-refractivity contribution in [1.82, 2.24) is 0 Å². The zero-order chi connectivity index (χ0) is 15.5. The van der Waals surface area contributed by atoms with Crippen LogP contribution in [0.4, 0.5) is 0 Å². The van der Waals surface area contributed by atoms with Crippen LogP contribution in [0.3, 0.4) is 0 Å². The maximum Gasteiger partial charge on any atom is 0.0455 e. The molecular formula is C18H21Cl2N. The molecule has 0 aliphatic rings. The second-order valence-corrected chi connectivity index (χ2v) is 6.22. The van der Waals surface area contributed by atoms with Crippen LogP contribution in [-0.4, -0.2) is 0 Å². The summed E-state index contributed by atoms with van der Waals surface area (Å²) in [5, 5.41) is 1.34. The van der Waals surface area contributed by atoms with Crippen LogP contribution in [0.5, 0.6) is 0 Å². The van der Waals surface area contributed by atoms with Gasteiger partial charge in [0, 0.05) is 21.5 Å². The van der Waals surface area contributed by atoms with Crippen LogP contribution in [0.15, 0.2) is 48.5 Å². The normalized spacial score (nSPS) is 13.2. The summed E-state index contributed by atoms with van der Waals surface area (Å²) in [7, 11) is 0. The molecule has 21 heavy (non-hydrogen) atoms. The van der Waals surface area contributed by atoms with Gasteiger partial charge < -0.3 is 5.73 Å². The lowest BCUT2D eigenvalue weighted by molar-refractivity contribution is 0.322. The minimum atomic E-state index is -0.193. The van der Waals surface area contributed by atoms with Crippen molar-refractivity contribution >= 4 is 23.2 Å². The summed E-state index contributed by atoms with van der Waals surface area (Å²) in [6.45, 7) is 4.35. The second-order valence-electron chi connectivity index (χ2n) is 5.37. The highest BCUT2D eigenvalue weighted by atomic mass is 35.5. The van der Waals surface area contributed by atoms with Crippen molar-refractivity contribution in [3.63, 3.8) is 0 Å². The molecule has 0 heterocycles. The highest BCUT2D eigenvalue weighted by Crippen LogP contribution is 2.43. The summed E-state index contributed by atoms with van der Waals surface area (Å²) >= 11 is 12.5. The van der Waals surface area contributed by atoms with Gasteiger partial charge in [-0.1, -0.05) is 67.4 Å². The summed E-state index contributed by atoms with van der Waals surface area (Å²) in [4.78, 5) is 0. The maximum atomic E-state index is 6.65. The van der Waals surface area contributed by atoms with E-state index in [9.17, 15) is 0 Å². The average Bonchev–Trinajstić information content (AvgIpc) is 2.52. The van der Waals surface area contributed by atoms with E-state index >= 15 is 0 Å². The number of halogens is 2. The number of nitrogens with two attached hydrogens (primary N) is 1. The van der Waals surface area contributed by atoms with Gasteiger partial charge in [0.15, 0.2) is 0 Å². The van der Waals surface area contributed by atoms with Crippen molar-refractivity contribution in [3.8, 4) is 0 Å². The lowest BCUT2D eigenvalue weighted by Gasteiger charge is -2.39. The zero-order valence-corrected chi connectivity index (χ0v) is 14.0. The van der Waals surface area contributed by atoms with Crippen LogP contribution in [0.2, 0.25) is 10.0 Å². The topological polar surface area (TPSA) is 26.0 Å². The summed E-state index contributed by atoms with van der Waals surface area (Å²) in [6.07, 6.45) is 1.88. The molecule has 0 saturated carbocycles. The first-order valence-electron chi connectivity index (χ1n) is 7.31. The minimum Gasteiger partial charge on any atom is -0.323 e. The van der Waals surface area contributed by atoms with Crippen LogP contribution in [0.25, 0.3) is 0 Å². The van der Waals surface area contributed by atoms with Gasteiger partial charge in [-0.2, -0.15) is 0 Å². The molecule has 2 aromatic carbocycles. The molecule has 0 bridgehead atoms. The molecule has 0 saturated heterocycles. The fourth-order valence-electron chi connectivity index (χ4n) is 3.10. The van der Waals surface area contributed by atoms with Gasteiger partial charge in [0.1, 0.15) is 0 Å². The monoisotopic (exact) mass is 321 g/mol. The molecule has 1 nitrogen and oxygen atoms in total. The lowest BCUT2D eigenvalue weighted by Crippen LogP contribution is -2.38. The first-order chi connectivity index (χ1) is 10.0. The van der Waals surface area contributed by atoms with Gasteiger partial charge in [-0.15, -0.1) is 0 Å². The molecule has 1 atom stereocenters. The maximum absolute atomic E-state index is 6.65. The van der Waals surface area contributed by atoms with Crippen molar-refractivity contribution in [2.45, 2.75) is 38.1 Å². The largest absolute Gasteiger partial charge is 0.323 e. The van der Waals surface area contributed by atoms with E-state index < -0.39 is 0 Å². The molecule has 3 heteroatoms.